The van der Waals surface area contributed by atoms with E-state index in [1.807, 2.05) is 0 Å². The standard InChI is InChI=1S/C14H24N4O2/c1-3-4-9-18-12(15)11(13(19)17(2)14(18)20)16-10-7-5-6-8-10/h10,16H,3-9,15H2,1-2H3. The summed E-state index contributed by atoms with van der Waals surface area (Å²) >= 11 is 0. The smallest absolute Gasteiger partial charge is 0.332 e. The molecule has 1 fully saturated rings. The molecule has 0 aliphatic heterocycles. The lowest BCUT2D eigenvalue weighted by molar-refractivity contribution is 0.574. The molecule has 1 aliphatic carbocycles. The predicted molar refractivity (Wildman–Crippen MR) is 81.1 cm³/mol. The molecule has 1 aromatic rings. The zero-order chi connectivity index (χ0) is 14.7. The Labute approximate surface area is 118 Å². The van der Waals surface area contributed by atoms with E-state index in [1.165, 1.54) is 24.5 Å². The van der Waals surface area contributed by atoms with Crippen LogP contribution >= 0.6 is 0 Å². The van der Waals surface area contributed by atoms with E-state index in [2.05, 4.69) is 12.2 Å². The fourth-order valence-electron chi connectivity index (χ4n) is 2.73. The van der Waals surface area contributed by atoms with Crippen molar-refractivity contribution in [2.75, 3.05) is 11.1 Å². The Morgan fingerprint density at radius 2 is 1.95 bits per heavy atom. The molecule has 0 saturated heterocycles. The first-order valence-corrected chi connectivity index (χ1v) is 7.42. The molecule has 1 aliphatic rings. The first-order chi connectivity index (χ1) is 9.56. The van der Waals surface area contributed by atoms with Gasteiger partial charge in [-0.3, -0.25) is 13.9 Å². The molecule has 0 unspecified atom stereocenters. The number of nitrogens with zero attached hydrogens (tertiary/aromatic N) is 2. The van der Waals surface area contributed by atoms with Gasteiger partial charge in [0.1, 0.15) is 11.5 Å². The van der Waals surface area contributed by atoms with E-state index in [0.717, 1.165) is 30.3 Å². The van der Waals surface area contributed by atoms with Crippen molar-refractivity contribution in [1.82, 2.24) is 9.13 Å². The fraction of sp³-hybridized carbons (Fsp3) is 0.714. The minimum atomic E-state index is -0.335. The van der Waals surface area contributed by atoms with Crippen molar-refractivity contribution in [1.29, 1.82) is 0 Å². The number of nitrogen functional groups attached to an aromatic ring is 1. The summed E-state index contributed by atoms with van der Waals surface area (Å²) in [6.45, 7) is 2.61. The summed E-state index contributed by atoms with van der Waals surface area (Å²) in [7, 11) is 1.51. The van der Waals surface area contributed by atoms with Crippen molar-refractivity contribution < 1.29 is 0 Å². The second kappa shape index (κ2) is 6.15. The van der Waals surface area contributed by atoms with Crippen LogP contribution in [0.1, 0.15) is 45.4 Å². The number of nitrogens with one attached hydrogen (secondary N) is 1. The van der Waals surface area contributed by atoms with Crippen LogP contribution in [0, 0.1) is 0 Å². The third kappa shape index (κ3) is 2.73. The molecule has 1 heterocycles. The second-order valence-corrected chi connectivity index (χ2v) is 5.54. The Morgan fingerprint density at radius 3 is 2.55 bits per heavy atom. The van der Waals surface area contributed by atoms with E-state index >= 15 is 0 Å². The van der Waals surface area contributed by atoms with Gasteiger partial charge in [0.2, 0.25) is 0 Å². The number of nitrogens with two attached hydrogens (primary N) is 1. The minimum Gasteiger partial charge on any atom is -0.383 e. The highest BCUT2D eigenvalue weighted by atomic mass is 16.2. The minimum absolute atomic E-state index is 0.276. The van der Waals surface area contributed by atoms with E-state index in [0.29, 0.717) is 18.3 Å². The molecule has 20 heavy (non-hydrogen) atoms. The molecule has 1 aromatic heterocycles. The summed E-state index contributed by atoms with van der Waals surface area (Å²) < 4.78 is 2.64. The molecule has 3 N–H and O–H groups in total. The number of unbranched alkanes of at least 4 members (excludes halogenated alkanes) is 1. The van der Waals surface area contributed by atoms with Crippen LogP contribution in [0.2, 0.25) is 0 Å². The summed E-state index contributed by atoms with van der Waals surface area (Å²) in [5.41, 5.74) is 5.78. The van der Waals surface area contributed by atoms with E-state index < -0.39 is 0 Å². The molecule has 6 heteroatoms. The molecule has 0 bridgehead atoms. The molecule has 0 spiro atoms. The number of hydrogen-bond acceptors (Lipinski definition) is 4. The molecule has 0 aromatic carbocycles. The van der Waals surface area contributed by atoms with Crippen molar-refractivity contribution in [3.05, 3.63) is 20.8 Å². The van der Waals surface area contributed by atoms with E-state index in [9.17, 15) is 9.59 Å². The van der Waals surface area contributed by atoms with Gasteiger partial charge in [0.15, 0.2) is 0 Å². The third-order valence-corrected chi connectivity index (χ3v) is 4.02. The average Bonchev–Trinajstić information content (AvgIpc) is 2.94. The highest BCUT2D eigenvalue weighted by Gasteiger charge is 2.20. The van der Waals surface area contributed by atoms with Gasteiger partial charge >= 0.3 is 5.69 Å². The van der Waals surface area contributed by atoms with E-state index in [1.54, 1.807) is 0 Å². The summed E-state index contributed by atoms with van der Waals surface area (Å²) in [5.74, 6) is 0.276. The van der Waals surface area contributed by atoms with E-state index in [4.69, 9.17) is 5.73 Å². The normalized spacial score (nSPS) is 15.7. The first-order valence-electron chi connectivity index (χ1n) is 7.42. The summed E-state index contributed by atoms with van der Waals surface area (Å²) in [6.07, 6.45) is 6.29. The Bertz CT molecular complexity index is 582. The average molecular weight is 280 g/mol. The fourth-order valence-corrected chi connectivity index (χ4v) is 2.73. The van der Waals surface area contributed by atoms with Gasteiger partial charge < -0.3 is 11.1 Å². The molecule has 1 saturated carbocycles. The largest absolute Gasteiger partial charge is 0.383 e. The number of rotatable bonds is 5. The van der Waals surface area contributed by atoms with Crippen LogP contribution in [0.4, 0.5) is 11.5 Å². The number of hydrogen-bond donors (Lipinski definition) is 2. The lowest BCUT2D eigenvalue weighted by Gasteiger charge is -2.19. The van der Waals surface area contributed by atoms with Crippen molar-refractivity contribution in [2.45, 2.75) is 58.0 Å². The van der Waals surface area contributed by atoms with Gasteiger partial charge in [-0.25, -0.2) is 4.79 Å². The molecule has 2 rings (SSSR count). The van der Waals surface area contributed by atoms with Crippen LogP contribution in [0.25, 0.3) is 0 Å². The lowest BCUT2D eigenvalue weighted by atomic mass is 10.2. The lowest BCUT2D eigenvalue weighted by Crippen LogP contribution is -2.41. The van der Waals surface area contributed by atoms with Crippen molar-refractivity contribution >= 4 is 11.5 Å². The second-order valence-electron chi connectivity index (χ2n) is 5.54. The monoisotopic (exact) mass is 280 g/mol. The maximum absolute atomic E-state index is 12.2. The van der Waals surface area contributed by atoms with Gasteiger partial charge in [0, 0.05) is 19.6 Å². The van der Waals surface area contributed by atoms with Gasteiger partial charge in [-0.2, -0.15) is 0 Å². The molecular weight excluding hydrogens is 256 g/mol. The highest BCUT2D eigenvalue weighted by Crippen LogP contribution is 2.23. The van der Waals surface area contributed by atoms with Crippen molar-refractivity contribution in [3.63, 3.8) is 0 Å². The Hall–Kier alpha value is -1.72. The van der Waals surface area contributed by atoms with E-state index in [-0.39, 0.29) is 17.1 Å². The van der Waals surface area contributed by atoms with Gasteiger partial charge in [0.25, 0.3) is 5.56 Å². The van der Waals surface area contributed by atoms with Crippen LogP contribution in [0.5, 0.6) is 0 Å². The molecular formula is C14H24N4O2. The molecule has 112 valence electrons. The van der Waals surface area contributed by atoms with Gasteiger partial charge in [0.05, 0.1) is 0 Å². The van der Waals surface area contributed by atoms with Crippen LogP contribution in [-0.2, 0) is 13.6 Å². The van der Waals surface area contributed by atoms with Crippen molar-refractivity contribution in [3.8, 4) is 0 Å². The number of anilines is 2. The maximum atomic E-state index is 12.2. The topological polar surface area (TPSA) is 82.0 Å². The quantitative estimate of drug-likeness (QED) is 0.851. The maximum Gasteiger partial charge on any atom is 0.332 e. The van der Waals surface area contributed by atoms with Gasteiger partial charge in [-0.05, 0) is 19.3 Å². The zero-order valence-electron chi connectivity index (χ0n) is 12.3. The molecule has 0 amide bonds. The Kier molecular flexibility index (Phi) is 4.52. The Balaban J connectivity index is 2.41. The summed E-state index contributed by atoms with van der Waals surface area (Å²) in [4.78, 5) is 24.4. The zero-order valence-corrected chi connectivity index (χ0v) is 12.3. The summed E-state index contributed by atoms with van der Waals surface area (Å²) in [6, 6.07) is 0.294. The van der Waals surface area contributed by atoms with Crippen LogP contribution in [0.15, 0.2) is 9.59 Å². The van der Waals surface area contributed by atoms with Gasteiger partial charge in [-0.1, -0.05) is 26.2 Å². The molecule has 0 radical (unpaired) electrons. The summed E-state index contributed by atoms with van der Waals surface area (Å²) in [5, 5.41) is 3.24. The predicted octanol–water partition coefficient (Wildman–Crippen LogP) is 1.28. The van der Waals surface area contributed by atoms with Crippen LogP contribution in [-0.4, -0.2) is 15.2 Å². The molecule has 0 atom stereocenters. The number of aromatic nitrogens is 2. The van der Waals surface area contributed by atoms with Crippen LogP contribution < -0.4 is 22.3 Å². The van der Waals surface area contributed by atoms with Crippen LogP contribution in [0.3, 0.4) is 0 Å². The Morgan fingerprint density at radius 1 is 1.30 bits per heavy atom. The highest BCUT2D eigenvalue weighted by molar-refractivity contribution is 5.61. The van der Waals surface area contributed by atoms with Gasteiger partial charge in [-0.15, -0.1) is 0 Å². The third-order valence-electron chi connectivity index (χ3n) is 4.02. The molecule has 6 nitrogen and oxygen atoms in total. The SMILES string of the molecule is CCCCn1c(N)c(NC2CCCC2)c(=O)n(C)c1=O. The van der Waals surface area contributed by atoms with Crippen molar-refractivity contribution in [2.24, 2.45) is 7.05 Å². The first kappa shape index (κ1) is 14.7.